The summed E-state index contributed by atoms with van der Waals surface area (Å²) in [4.78, 5) is 52.0. The summed E-state index contributed by atoms with van der Waals surface area (Å²) in [6.45, 7) is -0.127. The zero-order chi connectivity index (χ0) is 25.1. The summed E-state index contributed by atoms with van der Waals surface area (Å²) >= 11 is 0. The number of hydrogen-bond donors (Lipinski definition) is 2. The second-order valence-electron chi connectivity index (χ2n) is 10.1. The minimum absolute atomic E-state index is 0.0937. The van der Waals surface area contributed by atoms with E-state index in [0.29, 0.717) is 10.9 Å². The Bertz CT molecular complexity index is 1370. The first-order valence-electron chi connectivity index (χ1n) is 13.2. The fourth-order valence-corrected chi connectivity index (χ4v) is 5.59. The lowest BCUT2D eigenvalue weighted by Gasteiger charge is -2.22. The van der Waals surface area contributed by atoms with Gasteiger partial charge in [0.1, 0.15) is 6.54 Å². The predicted octanol–water partition coefficient (Wildman–Crippen LogP) is 2.10. The van der Waals surface area contributed by atoms with Gasteiger partial charge in [0.15, 0.2) is 0 Å². The third-order valence-corrected chi connectivity index (χ3v) is 7.48. The van der Waals surface area contributed by atoms with Crippen LogP contribution in [0.5, 0.6) is 0 Å². The third kappa shape index (κ3) is 5.08. The van der Waals surface area contributed by atoms with Gasteiger partial charge in [-0.15, -0.1) is 5.10 Å². The van der Waals surface area contributed by atoms with Crippen LogP contribution in [0.4, 0.5) is 0 Å². The lowest BCUT2D eigenvalue weighted by molar-refractivity contribution is -0.123. The quantitative estimate of drug-likeness (QED) is 0.521. The van der Waals surface area contributed by atoms with E-state index in [-0.39, 0.29) is 54.7 Å². The van der Waals surface area contributed by atoms with Crippen LogP contribution in [0.25, 0.3) is 16.7 Å². The van der Waals surface area contributed by atoms with Crippen molar-refractivity contribution in [2.45, 2.75) is 95.8 Å². The van der Waals surface area contributed by atoms with E-state index in [1.54, 1.807) is 24.3 Å². The molecule has 36 heavy (non-hydrogen) atoms. The van der Waals surface area contributed by atoms with E-state index in [1.807, 2.05) is 0 Å². The molecule has 0 aliphatic heterocycles. The van der Waals surface area contributed by atoms with Gasteiger partial charge in [-0.1, -0.05) is 50.7 Å². The molecule has 192 valence electrons. The molecule has 2 aromatic heterocycles. The molecule has 2 heterocycles. The number of fused-ring (bicyclic) bond motifs is 3. The average molecular weight is 495 g/mol. The van der Waals surface area contributed by atoms with E-state index in [2.05, 4.69) is 15.7 Å². The normalized spacial score (nSPS) is 17.4. The summed E-state index contributed by atoms with van der Waals surface area (Å²) in [5.74, 6) is -0.245. The largest absolute Gasteiger partial charge is 0.353 e. The Balaban J connectivity index is 1.42. The number of rotatable bonds is 7. The van der Waals surface area contributed by atoms with Gasteiger partial charge >= 0.3 is 5.69 Å². The van der Waals surface area contributed by atoms with Gasteiger partial charge in [0.05, 0.1) is 10.9 Å². The first-order chi connectivity index (χ1) is 17.5. The van der Waals surface area contributed by atoms with Crippen molar-refractivity contribution in [1.82, 2.24) is 29.4 Å². The summed E-state index contributed by atoms with van der Waals surface area (Å²) in [5, 5.41) is 10.8. The van der Waals surface area contributed by atoms with E-state index < -0.39 is 5.69 Å². The van der Waals surface area contributed by atoms with Crippen molar-refractivity contribution >= 4 is 28.5 Å². The van der Waals surface area contributed by atoms with E-state index in [0.717, 1.165) is 56.0 Å². The first kappa shape index (κ1) is 24.3. The van der Waals surface area contributed by atoms with Crippen molar-refractivity contribution in [3.63, 3.8) is 0 Å². The van der Waals surface area contributed by atoms with E-state index >= 15 is 0 Å². The molecule has 3 aromatic rings. The maximum Gasteiger partial charge on any atom is 0.352 e. The number of hydrogen-bond acceptors (Lipinski definition) is 5. The van der Waals surface area contributed by atoms with Gasteiger partial charge in [0, 0.05) is 25.0 Å². The molecule has 2 amide bonds. The first-order valence-corrected chi connectivity index (χ1v) is 13.2. The molecule has 2 saturated carbocycles. The van der Waals surface area contributed by atoms with Crippen molar-refractivity contribution in [1.29, 1.82) is 0 Å². The maximum absolute atomic E-state index is 13.3. The number of para-hydroxylation sites is 1. The summed E-state index contributed by atoms with van der Waals surface area (Å²) < 4.78 is 3.85. The minimum atomic E-state index is -0.486. The summed E-state index contributed by atoms with van der Waals surface area (Å²) in [5.41, 5.74) is -0.364. The van der Waals surface area contributed by atoms with Crippen LogP contribution in [-0.2, 0) is 22.7 Å². The molecule has 1 aromatic carbocycles. The molecule has 2 fully saturated rings. The number of amides is 2. The van der Waals surface area contributed by atoms with Crippen LogP contribution < -0.4 is 21.9 Å². The third-order valence-electron chi connectivity index (χ3n) is 7.48. The Labute approximate surface area is 208 Å². The van der Waals surface area contributed by atoms with Gasteiger partial charge in [0.2, 0.25) is 17.6 Å². The van der Waals surface area contributed by atoms with Crippen LogP contribution in [0.1, 0.15) is 70.6 Å². The van der Waals surface area contributed by atoms with Crippen molar-refractivity contribution in [3.05, 3.63) is 45.1 Å². The lowest BCUT2D eigenvalue weighted by Crippen LogP contribution is -2.40. The number of carbonyl (C=O) groups is 2. The number of carbonyl (C=O) groups excluding carboxylic acids is 2. The molecule has 2 N–H and O–H groups in total. The Morgan fingerprint density at radius 1 is 0.861 bits per heavy atom. The number of aryl methyl sites for hydroxylation is 1. The number of aromatic nitrogens is 4. The smallest absolute Gasteiger partial charge is 0.352 e. The van der Waals surface area contributed by atoms with Crippen LogP contribution in [0.3, 0.4) is 0 Å². The second kappa shape index (κ2) is 10.7. The highest BCUT2D eigenvalue weighted by Crippen LogP contribution is 2.18. The van der Waals surface area contributed by atoms with Crippen LogP contribution in [0, 0.1) is 0 Å². The molecular formula is C26H34N6O4. The van der Waals surface area contributed by atoms with Crippen molar-refractivity contribution in [2.75, 3.05) is 0 Å². The van der Waals surface area contributed by atoms with Crippen molar-refractivity contribution in [2.24, 2.45) is 0 Å². The Hall–Kier alpha value is -3.43. The second-order valence-corrected chi connectivity index (χ2v) is 10.1. The number of nitrogens with one attached hydrogen (secondary N) is 2. The van der Waals surface area contributed by atoms with Gasteiger partial charge in [-0.2, -0.15) is 0 Å². The zero-order valence-electron chi connectivity index (χ0n) is 20.6. The molecule has 2 aliphatic carbocycles. The highest BCUT2D eigenvalue weighted by molar-refractivity contribution is 5.80. The molecule has 0 unspecified atom stereocenters. The molecule has 0 spiro atoms. The molecule has 0 bridgehead atoms. The Morgan fingerprint density at radius 3 is 2.14 bits per heavy atom. The summed E-state index contributed by atoms with van der Waals surface area (Å²) in [7, 11) is 0. The fourth-order valence-electron chi connectivity index (χ4n) is 5.59. The summed E-state index contributed by atoms with van der Waals surface area (Å²) in [6, 6.07) is 7.16. The highest BCUT2D eigenvalue weighted by atomic mass is 16.2. The minimum Gasteiger partial charge on any atom is -0.353 e. The Morgan fingerprint density at radius 2 is 1.47 bits per heavy atom. The molecule has 10 heteroatoms. The van der Waals surface area contributed by atoms with Gasteiger partial charge < -0.3 is 10.6 Å². The van der Waals surface area contributed by atoms with E-state index in [9.17, 15) is 19.2 Å². The molecular weight excluding hydrogens is 460 g/mol. The van der Waals surface area contributed by atoms with Crippen molar-refractivity contribution < 1.29 is 9.59 Å². The number of nitrogens with zero attached hydrogens (tertiary/aromatic N) is 4. The zero-order valence-corrected chi connectivity index (χ0v) is 20.6. The average Bonchev–Trinajstić information content (AvgIpc) is 3.20. The van der Waals surface area contributed by atoms with Gasteiger partial charge in [-0.05, 0) is 37.8 Å². The number of benzene rings is 1. The van der Waals surface area contributed by atoms with Gasteiger partial charge in [0.25, 0.3) is 5.56 Å². The Kier molecular flexibility index (Phi) is 7.20. The lowest BCUT2D eigenvalue weighted by atomic mass is 9.95. The molecule has 2 aliphatic rings. The van der Waals surface area contributed by atoms with Crippen LogP contribution >= 0.6 is 0 Å². The monoisotopic (exact) mass is 494 g/mol. The maximum atomic E-state index is 13.3. The SMILES string of the molecule is O=C(CCn1c(=O)c2ccccc2n2c(=O)n(CC(=O)NC3CCCCC3)nc12)NC1CCCCC1. The predicted molar refractivity (Wildman–Crippen MR) is 136 cm³/mol. The van der Waals surface area contributed by atoms with Gasteiger partial charge in [-0.25, -0.2) is 13.9 Å². The molecule has 0 radical (unpaired) electrons. The van der Waals surface area contributed by atoms with Crippen LogP contribution in [0.2, 0.25) is 0 Å². The van der Waals surface area contributed by atoms with E-state index in [1.165, 1.54) is 21.8 Å². The van der Waals surface area contributed by atoms with Gasteiger partial charge in [-0.3, -0.25) is 19.0 Å². The fraction of sp³-hybridized carbons (Fsp3) is 0.577. The summed E-state index contributed by atoms with van der Waals surface area (Å²) in [6.07, 6.45) is 10.7. The standard InChI is InChI=1S/C26H34N6O4/c33-22(27-18-9-3-1-4-10-18)15-16-30-24(35)20-13-7-8-14-21(20)32-25(30)29-31(26(32)36)17-23(34)28-19-11-5-2-6-12-19/h7-8,13-14,18-19H,1-6,9-12,15-17H2,(H,27,33)(H,28,34). The highest BCUT2D eigenvalue weighted by Gasteiger charge is 2.22. The molecule has 0 atom stereocenters. The van der Waals surface area contributed by atoms with E-state index in [4.69, 9.17) is 0 Å². The molecule has 10 nitrogen and oxygen atoms in total. The van der Waals surface area contributed by atoms with Crippen molar-refractivity contribution in [3.8, 4) is 0 Å². The van der Waals surface area contributed by atoms with Crippen LogP contribution in [0.15, 0.2) is 33.9 Å². The topological polar surface area (TPSA) is 120 Å². The molecule has 5 rings (SSSR count). The van der Waals surface area contributed by atoms with Crippen LogP contribution in [-0.4, -0.2) is 42.6 Å². The molecule has 0 saturated heterocycles.